The molecule has 2 heterocycles. The summed E-state index contributed by atoms with van der Waals surface area (Å²) in [6, 6.07) is 16.2. The second-order valence-corrected chi connectivity index (χ2v) is 6.31. The molecule has 0 atom stereocenters. The molecule has 0 unspecified atom stereocenters. The number of carbonyl (C=O) groups excluding carboxylic acids is 1. The third kappa shape index (κ3) is 3.03. The molecule has 1 N–H and O–H groups in total. The Kier molecular flexibility index (Phi) is 4.41. The number of pyridine rings is 1. The smallest absolute Gasteiger partial charge is 0.282 e. The fourth-order valence-electron chi connectivity index (χ4n) is 3.08. The lowest BCUT2D eigenvalue weighted by Crippen LogP contribution is -2.17. The van der Waals surface area contributed by atoms with Crippen molar-refractivity contribution >= 4 is 11.6 Å². The number of methoxy groups -OCH3 is 1. The maximum Gasteiger partial charge on any atom is 0.282 e. The Hall–Kier alpha value is -3.87. The number of amides is 1. The van der Waals surface area contributed by atoms with E-state index in [2.05, 4.69) is 10.4 Å². The average molecular weight is 374 g/mol. The Morgan fingerprint density at radius 1 is 1.04 bits per heavy atom. The minimum Gasteiger partial charge on any atom is -0.495 e. The molecule has 2 aliphatic heterocycles. The number of anilines is 1. The van der Waals surface area contributed by atoms with E-state index in [1.54, 1.807) is 54.3 Å². The topological polar surface area (TPSA) is 78.1 Å². The van der Waals surface area contributed by atoms with E-state index in [1.165, 1.54) is 11.8 Å². The molecule has 2 aliphatic rings. The van der Waals surface area contributed by atoms with Crippen LogP contribution in [-0.2, 0) is 7.05 Å². The minimum absolute atomic E-state index is 0.274. The van der Waals surface area contributed by atoms with Crippen LogP contribution in [0.5, 0.6) is 5.75 Å². The molecule has 0 fully saturated rings. The summed E-state index contributed by atoms with van der Waals surface area (Å²) < 4.78 is 8.27. The molecule has 0 spiro atoms. The predicted octanol–water partition coefficient (Wildman–Crippen LogP) is 2.94. The molecule has 28 heavy (non-hydrogen) atoms. The van der Waals surface area contributed by atoms with Gasteiger partial charge in [-0.25, -0.2) is 0 Å². The zero-order valence-electron chi connectivity index (χ0n) is 15.4. The van der Waals surface area contributed by atoms with Gasteiger partial charge in [0, 0.05) is 19.4 Å². The summed E-state index contributed by atoms with van der Waals surface area (Å²) in [6.07, 6.45) is 3.32. The van der Waals surface area contributed by atoms with Crippen molar-refractivity contribution in [3.05, 3.63) is 82.9 Å². The van der Waals surface area contributed by atoms with E-state index in [-0.39, 0.29) is 11.5 Å². The van der Waals surface area contributed by atoms with Gasteiger partial charge in [-0.05, 0) is 24.3 Å². The van der Waals surface area contributed by atoms with Gasteiger partial charge in [-0.2, -0.15) is 9.78 Å². The van der Waals surface area contributed by atoms with Crippen LogP contribution in [0.15, 0.2) is 71.8 Å². The van der Waals surface area contributed by atoms with E-state index in [0.717, 1.165) is 0 Å². The Bertz CT molecular complexity index is 1180. The van der Waals surface area contributed by atoms with E-state index < -0.39 is 0 Å². The van der Waals surface area contributed by atoms with Gasteiger partial charge in [0.1, 0.15) is 11.4 Å². The molecule has 0 saturated heterocycles. The molecule has 0 bridgehead atoms. The summed E-state index contributed by atoms with van der Waals surface area (Å²) >= 11 is 0. The molecular formula is C21H18N4O3. The molecule has 0 radical (unpaired) electrons. The highest BCUT2D eigenvalue weighted by molar-refractivity contribution is 6.08. The molecule has 0 aromatic heterocycles. The fourth-order valence-corrected chi connectivity index (χ4v) is 3.08. The summed E-state index contributed by atoms with van der Waals surface area (Å²) in [6.45, 7) is 0. The molecule has 7 nitrogen and oxygen atoms in total. The summed E-state index contributed by atoms with van der Waals surface area (Å²) in [5, 5.41) is 7.26. The zero-order chi connectivity index (χ0) is 19.7. The number of hydrogen-bond donors (Lipinski definition) is 1. The first-order valence-electron chi connectivity index (χ1n) is 8.67. The van der Waals surface area contributed by atoms with E-state index >= 15 is 0 Å². The van der Waals surface area contributed by atoms with Crippen molar-refractivity contribution in [1.82, 2.24) is 14.3 Å². The number of carbonyl (C=O) groups is 1. The molecule has 0 aliphatic carbocycles. The zero-order valence-corrected chi connectivity index (χ0v) is 15.4. The van der Waals surface area contributed by atoms with Crippen LogP contribution in [0.2, 0.25) is 0 Å². The van der Waals surface area contributed by atoms with Crippen molar-refractivity contribution in [2.45, 2.75) is 0 Å². The Morgan fingerprint density at radius 3 is 2.50 bits per heavy atom. The number of nitrogens with one attached hydrogen (secondary N) is 1. The van der Waals surface area contributed by atoms with Gasteiger partial charge in [0.25, 0.3) is 11.5 Å². The SMILES string of the molecule is COc1ccccc1NC(=O)c1cn(C)cc2c(=O)n(-c3ccccc3)nc1-2. The lowest BCUT2D eigenvalue weighted by Gasteiger charge is -2.12. The highest BCUT2D eigenvalue weighted by Gasteiger charge is 2.24. The maximum atomic E-state index is 13.0. The van der Waals surface area contributed by atoms with Crippen LogP contribution < -0.4 is 15.6 Å². The van der Waals surface area contributed by atoms with Gasteiger partial charge in [-0.1, -0.05) is 30.3 Å². The second-order valence-electron chi connectivity index (χ2n) is 6.31. The van der Waals surface area contributed by atoms with Crippen LogP contribution in [0.4, 0.5) is 5.69 Å². The summed E-state index contributed by atoms with van der Waals surface area (Å²) in [5.41, 5.74) is 1.93. The minimum atomic E-state index is -0.372. The van der Waals surface area contributed by atoms with Crippen molar-refractivity contribution < 1.29 is 9.53 Å². The molecule has 4 rings (SSSR count). The van der Waals surface area contributed by atoms with Crippen molar-refractivity contribution in [2.75, 3.05) is 12.4 Å². The Morgan fingerprint density at radius 2 is 1.75 bits per heavy atom. The van der Waals surface area contributed by atoms with Gasteiger partial charge in [0.05, 0.1) is 29.6 Å². The number of nitrogens with zero attached hydrogens (tertiary/aromatic N) is 3. The quantitative estimate of drug-likeness (QED) is 0.596. The number of fused-ring (bicyclic) bond motifs is 1. The average Bonchev–Trinajstić information content (AvgIpc) is 3.05. The Labute approximate surface area is 161 Å². The largest absolute Gasteiger partial charge is 0.495 e. The van der Waals surface area contributed by atoms with E-state index in [4.69, 9.17) is 4.74 Å². The standard InChI is InChI=1S/C21H18N4O3/c1-24-12-15(20(26)22-17-10-6-7-11-18(17)28-2)19-16(13-24)21(27)25(23-19)14-8-4-3-5-9-14/h3-13H,1-2H3,(H,22,26). The molecule has 1 amide bonds. The monoisotopic (exact) mass is 374 g/mol. The predicted molar refractivity (Wildman–Crippen MR) is 106 cm³/mol. The number of hydrogen-bond acceptors (Lipinski definition) is 4. The van der Waals surface area contributed by atoms with Crippen LogP contribution >= 0.6 is 0 Å². The number of rotatable bonds is 4. The number of benzene rings is 2. The fraction of sp³-hybridized carbons (Fsp3) is 0.0952. The van der Waals surface area contributed by atoms with E-state index in [9.17, 15) is 9.59 Å². The number of aromatic nitrogens is 3. The highest BCUT2D eigenvalue weighted by Crippen LogP contribution is 2.26. The summed E-state index contributed by atoms with van der Waals surface area (Å²) in [7, 11) is 3.30. The summed E-state index contributed by atoms with van der Waals surface area (Å²) in [4.78, 5) is 25.8. The Balaban J connectivity index is 1.81. The third-order valence-electron chi connectivity index (χ3n) is 4.40. The number of aryl methyl sites for hydroxylation is 1. The van der Waals surface area contributed by atoms with Gasteiger partial charge in [0.2, 0.25) is 0 Å². The van der Waals surface area contributed by atoms with Crippen molar-refractivity contribution in [3.8, 4) is 22.7 Å². The van der Waals surface area contributed by atoms with Crippen molar-refractivity contribution in [2.24, 2.45) is 7.05 Å². The molecule has 2 aromatic carbocycles. The molecule has 7 heteroatoms. The lowest BCUT2D eigenvalue weighted by molar-refractivity contribution is 0.102. The first-order chi connectivity index (χ1) is 13.6. The van der Waals surface area contributed by atoms with Gasteiger partial charge < -0.3 is 14.6 Å². The summed E-state index contributed by atoms with van der Waals surface area (Å²) in [5.74, 6) is 0.176. The first kappa shape index (κ1) is 17.5. The van der Waals surface area contributed by atoms with Crippen LogP contribution in [0.1, 0.15) is 10.4 Å². The molecule has 2 aromatic rings. The van der Waals surface area contributed by atoms with Gasteiger partial charge >= 0.3 is 0 Å². The van der Waals surface area contributed by atoms with E-state index in [0.29, 0.717) is 33.9 Å². The highest BCUT2D eigenvalue weighted by atomic mass is 16.5. The van der Waals surface area contributed by atoms with Crippen LogP contribution in [0.3, 0.4) is 0 Å². The molecule has 0 saturated carbocycles. The van der Waals surface area contributed by atoms with Crippen LogP contribution in [0.25, 0.3) is 16.9 Å². The number of ether oxygens (including phenoxy) is 1. The normalized spacial score (nSPS) is 10.8. The van der Waals surface area contributed by atoms with Gasteiger partial charge in [-0.15, -0.1) is 0 Å². The van der Waals surface area contributed by atoms with Crippen LogP contribution in [-0.4, -0.2) is 27.4 Å². The second kappa shape index (κ2) is 7.03. The van der Waals surface area contributed by atoms with Crippen LogP contribution in [0, 0.1) is 0 Å². The van der Waals surface area contributed by atoms with Crippen molar-refractivity contribution in [3.63, 3.8) is 0 Å². The van der Waals surface area contributed by atoms with Gasteiger partial charge in [-0.3, -0.25) is 9.59 Å². The maximum absolute atomic E-state index is 13.0. The van der Waals surface area contributed by atoms with Crippen molar-refractivity contribution in [1.29, 1.82) is 0 Å². The lowest BCUT2D eigenvalue weighted by atomic mass is 10.1. The van der Waals surface area contributed by atoms with Gasteiger partial charge in [0.15, 0.2) is 0 Å². The third-order valence-corrected chi connectivity index (χ3v) is 4.40. The molecular weight excluding hydrogens is 356 g/mol. The first-order valence-corrected chi connectivity index (χ1v) is 8.67. The number of para-hydroxylation sites is 3. The molecule has 140 valence electrons. The van der Waals surface area contributed by atoms with E-state index in [1.807, 2.05) is 24.3 Å².